The predicted octanol–water partition coefficient (Wildman–Crippen LogP) is 2.59. The lowest BCUT2D eigenvalue weighted by molar-refractivity contribution is 0.0519. The molecule has 0 radical (unpaired) electrons. The second-order valence-electron chi connectivity index (χ2n) is 2.87. The molecule has 0 aliphatic heterocycles. The van der Waals surface area contributed by atoms with E-state index < -0.39 is 29.0 Å². The van der Waals surface area contributed by atoms with Gasteiger partial charge < -0.3 is 4.74 Å². The summed E-state index contributed by atoms with van der Waals surface area (Å²) >= 11 is 0. The maximum absolute atomic E-state index is 13.2. The molecule has 5 heteroatoms. The number of benzene rings is 1. The lowest BCUT2D eigenvalue weighted by atomic mass is 10.1. The van der Waals surface area contributed by atoms with Crippen LogP contribution in [0.2, 0.25) is 0 Å². The van der Waals surface area contributed by atoms with Crippen LogP contribution in [0.1, 0.15) is 22.8 Å². The third kappa shape index (κ3) is 2.11. The zero-order valence-corrected chi connectivity index (χ0v) is 8.23. The van der Waals surface area contributed by atoms with Gasteiger partial charge in [0.2, 0.25) is 0 Å². The van der Waals surface area contributed by atoms with Crippen LogP contribution >= 0.6 is 0 Å². The molecule has 0 spiro atoms. The molecule has 1 aromatic rings. The summed E-state index contributed by atoms with van der Waals surface area (Å²) in [7, 11) is 0. The number of esters is 1. The fraction of sp³-hybridized carbons (Fsp3) is 0.300. The summed E-state index contributed by atoms with van der Waals surface area (Å²) in [5.74, 6) is -4.67. The molecule has 2 nitrogen and oxygen atoms in total. The van der Waals surface area contributed by atoms with Crippen LogP contribution in [0.3, 0.4) is 0 Å². The van der Waals surface area contributed by atoms with Crippen molar-refractivity contribution in [2.75, 3.05) is 6.61 Å². The Morgan fingerprint density at radius 3 is 2.47 bits per heavy atom. The van der Waals surface area contributed by atoms with Gasteiger partial charge in [0.15, 0.2) is 11.6 Å². The maximum atomic E-state index is 13.2. The van der Waals surface area contributed by atoms with E-state index in [1.54, 1.807) is 0 Å². The van der Waals surface area contributed by atoms with Crippen LogP contribution in [0.25, 0.3) is 0 Å². The molecule has 0 bridgehead atoms. The Balaban J connectivity index is 3.29. The van der Waals surface area contributed by atoms with Crippen molar-refractivity contribution >= 4 is 5.97 Å². The van der Waals surface area contributed by atoms with Crippen molar-refractivity contribution in [2.24, 2.45) is 0 Å². The van der Waals surface area contributed by atoms with Gasteiger partial charge in [-0.25, -0.2) is 18.0 Å². The third-order valence-corrected chi connectivity index (χ3v) is 1.89. The molecule has 0 atom stereocenters. The van der Waals surface area contributed by atoms with Crippen LogP contribution in [0.5, 0.6) is 0 Å². The van der Waals surface area contributed by atoms with E-state index in [4.69, 9.17) is 0 Å². The molecule has 1 rings (SSSR count). The molecular weight excluding hydrogens is 209 g/mol. The number of hydrogen-bond donors (Lipinski definition) is 0. The fourth-order valence-electron chi connectivity index (χ4n) is 1.17. The number of halogens is 3. The van der Waals surface area contributed by atoms with E-state index in [0.29, 0.717) is 6.07 Å². The van der Waals surface area contributed by atoms with Gasteiger partial charge in [0.05, 0.1) is 6.61 Å². The van der Waals surface area contributed by atoms with Gasteiger partial charge in [0.1, 0.15) is 11.4 Å². The molecule has 0 saturated heterocycles. The summed E-state index contributed by atoms with van der Waals surface area (Å²) in [6.45, 7) is 2.69. The minimum absolute atomic E-state index is 0.0384. The molecule has 0 heterocycles. The minimum atomic E-state index is -1.32. The number of rotatable bonds is 2. The zero-order valence-electron chi connectivity index (χ0n) is 8.23. The predicted molar refractivity (Wildman–Crippen MR) is 47.0 cm³/mol. The smallest absolute Gasteiger partial charge is 0.341 e. The van der Waals surface area contributed by atoms with Crippen LogP contribution < -0.4 is 0 Å². The lowest BCUT2D eigenvalue weighted by Gasteiger charge is -2.07. The number of hydrogen-bond acceptors (Lipinski definition) is 2. The molecule has 0 saturated carbocycles. The van der Waals surface area contributed by atoms with Gasteiger partial charge in [-0.15, -0.1) is 0 Å². The number of carbonyl (C=O) groups excluding carboxylic acids is 1. The molecule has 1 aromatic carbocycles. The van der Waals surface area contributed by atoms with E-state index in [2.05, 4.69) is 4.74 Å². The van der Waals surface area contributed by atoms with Crippen molar-refractivity contribution in [1.82, 2.24) is 0 Å². The Morgan fingerprint density at radius 2 is 1.93 bits per heavy atom. The number of ether oxygens (including phenoxy) is 1. The van der Waals surface area contributed by atoms with Gasteiger partial charge in [-0.3, -0.25) is 0 Å². The third-order valence-electron chi connectivity index (χ3n) is 1.89. The molecular formula is C10H9F3O2. The molecule has 0 aromatic heterocycles. The van der Waals surface area contributed by atoms with Crippen molar-refractivity contribution in [3.8, 4) is 0 Å². The Bertz CT molecular complexity index is 402. The molecule has 0 aliphatic carbocycles. The topological polar surface area (TPSA) is 26.3 Å². The quantitative estimate of drug-likeness (QED) is 0.563. The second-order valence-corrected chi connectivity index (χ2v) is 2.87. The highest BCUT2D eigenvalue weighted by atomic mass is 19.2. The van der Waals surface area contributed by atoms with Crippen molar-refractivity contribution in [3.63, 3.8) is 0 Å². The first-order valence-corrected chi connectivity index (χ1v) is 4.30. The van der Waals surface area contributed by atoms with Crippen molar-refractivity contribution < 1.29 is 22.7 Å². The Kier molecular flexibility index (Phi) is 3.34. The van der Waals surface area contributed by atoms with Gasteiger partial charge in [-0.1, -0.05) is 0 Å². The zero-order chi connectivity index (χ0) is 11.6. The van der Waals surface area contributed by atoms with Gasteiger partial charge in [-0.2, -0.15) is 0 Å². The van der Waals surface area contributed by atoms with Crippen molar-refractivity contribution in [1.29, 1.82) is 0 Å². The average molecular weight is 218 g/mol. The highest BCUT2D eigenvalue weighted by Crippen LogP contribution is 2.20. The summed E-state index contributed by atoms with van der Waals surface area (Å²) < 4.78 is 43.4. The molecule has 82 valence electrons. The monoisotopic (exact) mass is 218 g/mol. The summed E-state index contributed by atoms with van der Waals surface area (Å²) in [5, 5.41) is 0. The molecule has 15 heavy (non-hydrogen) atoms. The Morgan fingerprint density at radius 1 is 1.33 bits per heavy atom. The van der Waals surface area contributed by atoms with E-state index in [-0.39, 0.29) is 12.2 Å². The largest absolute Gasteiger partial charge is 0.462 e. The van der Waals surface area contributed by atoms with Gasteiger partial charge in [0.25, 0.3) is 0 Å². The highest BCUT2D eigenvalue weighted by Gasteiger charge is 2.21. The average Bonchev–Trinajstić information content (AvgIpc) is 2.15. The Labute approximate surface area is 84.7 Å². The maximum Gasteiger partial charge on any atom is 0.341 e. The van der Waals surface area contributed by atoms with Gasteiger partial charge >= 0.3 is 5.97 Å². The van der Waals surface area contributed by atoms with Gasteiger partial charge in [-0.05, 0) is 13.8 Å². The molecule has 0 fully saturated rings. The molecule has 0 amide bonds. The SMILES string of the molecule is CCOC(=O)c1c(F)cc(F)c(F)c1C. The van der Waals surface area contributed by atoms with E-state index in [9.17, 15) is 18.0 Å². The molecule has 0 unspecified atom stereocenters. The Hall–Kier alpha value is -1.52. The van der Waals surface area contributed by atoms with E-state index in [1.807, 2.05) is 0 Å². The second kappa shape index (κ2) is 4.33. The van der Waals surface area contributed by atoms with Crippen molar-refractivity contribution in [3.05, 3.63) is 34.6 Å². The normalized spacial score (nSPS) is 10.2. The summed E-state index contributed by atoms with van der Waals surface area (Å²) in [6, 6.07) is 0.328. The van der Waals surface area contributed by atoms with Crippen LogP contribution in [-0.4, -0.2) is 12.6 Å². The fourth-order valence-corrected chi connectivity index (χ4v) is 1.17. The van der Waals surface area contributed by atoms with Crippen LogP contribution in [0.4, 0.5) is 13.2 Å². The molecule has 0 aliphatic rings. The summed E-state index contributed by atoms with van der Waals surface area (Å²) in [6.07, 6.45) is 0. The van der Waals surface area contributed by atoms with E-state index in [0.717, 1.165) is 6.92 Å². The van der Waals surface area contributed by atoms with E-state index >= 15 is 0 Å². The summed E-state index contributed by atoms with van der Waals surface area (Å²) in [5.41, 5.74) is -0.943. The van der Waals surface area contributed by atoms with Crippen LogP contribution in [0, 0.1) is 24.4 Å². The summed E-state index contributed by atoms with van der Waals surface area (Å²) in [4.78, 5) is 11.2. The van der Waals surface area contributed by atoms with E-state index in [1.165, 1.54) is 6.92 Å². The van der Waals surface area contributed by atoms with Crippen LogP contribution in [-0.2, 0) is 4.74 Å². The first-order chi connectivity index (χ1) is 6.99. The minimum Gasteiger partial charge on any atom is -0.462 e. The standard InChI is InChI=1S/C10H9F3O2/c1-3-15-10(14)8-5(2)9(13)7(12)4-6(8)11/h4H,3H2,1-2H3. The lowest BCUT2D eigenvalue weighted by Crippen LogP contribution is -2.11. The highest BCUT2D eigenvalue weighted by molar-refractivity contribution is 5.91. The van der Waals surface area contributed by atoms with Crippen LogP contribution in [0.15, 0.2) is 6.07 Å². The first-order valence-electron chi connectivity index (χ1n) is 4.30. The number of carbonyl (C=O) groups is 1. The van der Waals surface area contributed by atoms with Gasteiger partial charge in [0, 0.05) is 11.6 Å². The van der Waals surface area contributed by atoms with Crippen molar-refractivity contribution in [2.45, 2.75) is 13.8 Å². The first kappa shape index (κ1) is 11.6. The molecule has 0 N–H and O–H groups in total.